The molecule has 0 aliphatic heterocycles. The Hall–Kier alpha value is -2.81. The van der Waals surface area contributed by atoms with E-state index in [0.717, 1.165) is 32.0 Å². The number of benzene rings is 3. The maximum atomic E-state index is 10.6. The first-order valence-corrected chi connectivity index (χ1v) is 9.53. The van der Waals surface area contributed by atoms with E-state index in [4.69, 9.17) is 0 Å². The van der Waals surface area contributed by atoms with E-state index in [-0.39, 0.29) is 0 Å². The van der Waals surface area contributed by atoms with Crippen LogP contribution >= 0.6 is 15.9 Å². The molecule has 1 unspecified atom stereocenters. The van der Waals surface area contributed by atoms with Gasteiger partial charge in [-0.15, -0.1) is 0 Å². The van der Waals surface area contributed by atoms with Crippen LogP contribution in [0.5, 0.6) is 0 Å². The number of para-hydroxylation sites is 1. The van der Waals surface area contributed by atoms with Gasteiger partial charge in [-0.05, 0) is 48.5 Å². The molecule has 1 heterocycles. The minimum Gasteiger partial charge on any atom is -0.389 e. The molecule has 0 bridgehead atoms. The van der Waals surface area contributed by atoms with E-state index in [0.29, 0.717) is 18.7 Å². The minimum absolute atomic E-state index is 0.456. The fourth-order valence-electron chi connectivity index (χ4n) is 3.41. The lowest BCUT2D eigenvalue weighted by atomic mass is 10.1. The lowest BCUT2D eigenvalue weighted by molar-refractivity contribution is 0.169. The quantitative estimate of drug-likeness (QED) is 0.483. The number of anilines is 1. The summed E-state index contributed by atoms with van der Waals surface area (Å²) < 4.78 is 3.11. The summed E-state index contributed by atoms with van der Waals surface area (Å²) >= 11 is 3.53. The molecule has 0 saturated carbocycles. The zero-order valence-electron chi connectivity index (χ0n) is 14.6. The fraction of sp³-hybridized carbons (Fsp3) is 0.136. The smallest absolute Gasteiger partial charge is 0.0991 e. The van der Waals surface area contributed by atoms with Crippen molar-refractivity contribution in [3.8, 4) is 6.07 Å². The maximum absolute atomic E-state index is 10.6. The number of rotatable bonds is 5. The van der Waals surface area contributed by atoms with Crippen LogP contribution in [-0.2, 0) is 6.54 Å². The number of hydrogen-bond acceptors (Lipinski definition) is 3. The van der Waals surface area contributed by atoms with Gasteiger partial charge in [-0.25, -0.2) is 0 Å². The van der Waals surface area contributed by atoms with Gasteiger partial charge in [0.15, 0.2) is 0 Å². The predicted octanol–water partition coefficient (Wildman–Crippen LogP) is 4.90. The normalized spacial score (nSPS) is 12.2. The molecule has 0 saturated heterocycles. The van der Waals surface area contributed by atoms with Gasteiger partial charge in [0, 0.05) is 38.5 Å². The molecule has 1 aromatic heterocycles. The molecule has 0 spiro atoms. The number of nitriles is 1. The van der Waals surface area contributed by atoms with Crippen LogP contribution in [0.3, 0.4) is 0 Å². The molecule has 3 aromatic carbocycles. The Kier molecular flexibility index (Phi) is 4.85. The first-order valence-electron chi connectivity index (χ1n) is 8.74. The van der Waals surface area contributed by atoms with Crippen LogP contribution in [0.2, 0.25) is 0 Å². The van der Waals surface area contributed by atoms with Crippen LogP contribution in [0.15, 0.2) is 71.2 Å². The topological polar surface area (TPSA) is 61.0 Å². The van der Waals surface area contributed by atoms with Crippen molar-refractivity contribution in [3.05, 3.63) is 76.8 Å². The van der Waals surface area contributed by atoms with Crippen LogP contribution in [0.1, 0.15) is 5.56 Å². The van der Waals surface area contributed by atoms with Gasteiger partial charge in [0.25, 0.3) is 0 Å². The van der Waals surface area contributed by atoms with Gasteiger partial charge in [0.2, 0.25) is 0 Å². The number of nitrogens with one attached hydrogen (secondary N) is 1. The average Bonchev–Trinajstić information content (AvgIpc) is 2.99. The van der Waals surface area contributed by atoms with Gasteiger partial charge in [0.05, 0.1) is 24.3 Å². The van der Waals surface area contributed by atoms with Crippen molar-refractivity contribution in [3.63, 3.8) is 0 Å². The Morgan fingerprint density at radius 2 is 1.70 bits per heavy atom. The fourth-order valence-corrected chi connectivity index (χ4v) is 3.77. The first-order chi connectivity index (χ1) is 13.2. The Morgan fingerprint density at radius 1 is 1.00 bits per heavy atom. The number of halogens is 1. The van der Waals surface area contributed by atoms with E-state index >= 15 is 0 Å². The Balaban J connectivity index is 1.68. The number of fused-ring (bicyclic) bond motifs is 3. The molecule has 0 aliphatic rings. The zero-order chi connectivity index (χ0) is 18.8. The number of aromatic nitrogens is 1. The summed E-state index contributed by atoms with van der Waals surface area (Å²) in [7, 11) is 0. The minimum atomic E-state index is -0.553. The summed E-state index contributed by atoms with van der Waals surface area (Å²) in [5.74, 6) is 0. The predicted molar refractivity (Wildman–Crippen MR) is 113 cm³/mol. The number of aliphatic hydroxyl groups is 1. The second-order valence-electron chi connectivity index (χ2n) is 6.52. The van der Waals surface area contributed by atoms with Crippen molar-refractivity contribution in [2.45, 2.75) is 12.6 Å². The first kappa shape index (κ1) is 17.6. The molecule has 4 aromatic rings. The van der Waals surface area contributed by atoms with Crippen molar-refractivity contribution >= 4 is 43.4 Å². The summed E-state index contributed by atoms with van der Waals surface area (Å²) in [6, 6.07) is 23.9. The summed E-state index contributed by atoms with van der Waals surface area (Å²) in [5, 5.41) is 25.2. The third-order valence-electron chi connectivity index (χ3n) is 4.66. The van der Waals surface area contributed by atoms with Crippen LogP contribution < -0.4 is 5.32 Å². The summed E-state index contributed by atoms with van der Waals surface area (Å²) in [5.41, 5.74) is 3.68. The van der Waals surface area contributed by atoms with Crippen molar-refractivity contribution in [1.82, 2.24) is 4.57 Å². The van der Waals surface area contributed by atoms with E-state index < -0.39 is 6.10 Å². The number of nitrogens with zero attached hydrogens (tertiary/aromatic N) is 2. The molecule has 0 radical (unpaired) electrons. The lowest BCUT2D eigenvalue weighted by Gasteiger charge is -2.15. The van der Waals surface area contributed by atoms with Crippen LogP contribution in [0.25, 0.3) is 21.8 Å². The molecule has 5 heteroatoms. The van der Waals surface area contributed by atoms with E-state index in [9.17, 15) is 10.4 Å². The van der Waals surface area contributed by atoms with Gasteiger partial charge >= 0.3 is 0 Å². The molecule has 0 aliphatic carbocycles. The van der Waals surface area contributed by atoms with Crippen molar-refractivity contribution in [2.75, 3.05) is 11.9 Å². The van der Waals surface area contributed by atoms with Gasteiger partial charge < -0.3 is 15.0 Å². The summed E-state index contributed by atoms with van der Waals surface area (Å²) in [6.45, 7) is 0.922. The molecule has 4 nitrogen and oxygen atoms in total. The molecule has 27 heavy (non-hydrogen) atoms. The molecule has 0 amide bonds. The number of hydrogen-bond donors (Lipinski definition) is 2. The monoisotopic (exact) mass is 419 g/mol. The third-order valence-corrected chi connectivity index (χ3v) is 5.16. The van der Waals surface area contributed by atoms with E-state index in [2.05, 4.69) is 37.9 Å². The highest BCUT2D eigenvalue weighted by Crippen LogP contribution is 2.32. The largest absolute Gasteiger partial charge is 0.389 e. The van der Waals surface area contributed by atoms with Crippen molar-refractivity contribution in [2.24, 2.45) is 0 Å². The Bertz CT molecular complexity index is 1150. The lowest BCUT2D eigenvalue weighted by Crippen LogP contribution is -2.24. The molecule has 4 rings (SSSR count). The van der Waals surface area contributed by atoms with Crippen LogP contribution in [0.4, 0.5) is 5.69 Å². The summed E-state index contributed by atoms with van der Waals surface area (Å²) in [4.78, 5) is 0. The molecule has 2 N–H and O–H groups in total. The maximum Gasteiger partial charge on any atom is 0.0991 e. The Morgan fingerprint density at radius 3 is 2.44 bits per heavy atom. The van der Waals surface area contributed by atoms with Crippen LogP contribution in [0, 0.1) is 11.3 Å². The van der Waals surface area contributed by atoms with E-state index in [1.54, 1.807) is 0 Å². The zero-order valence-corrected chi connectivity index (χ0v) is 16.1. The standard InChI is InChI=1S/C22H18BrN3O/c23-16-7-9-22-20(11-16)19-10-15(12-24)6-8-21(19)26(22)14-18(27)13-25-17-4-2-1-3-5-17/h1-11,18,25,27H,13-14H2. The van der Waals surface area contributed by atoms with Gasteiger partial charge in [0.1, 0.15) is 0 Å². The number of aliphatic hydroxyl groups excluding tert-OH is 1. The van der Waals surface area contributed by atoms with Crippen molar-refractivity contribution in [1.29, 1.82) is 5.26 Å². The summed E-state index contributed by atoms with van der Waals surface area (Å²) in [6.07, 6.45) is -0.553. The highest BCUT2D eigenvalue weighted by Gasteiger charge is 2.14. The second-order valence-corrected chi connectivity index (χ2v) is 7.43. The van der Waals surface area contributed by atoms with Gasteiger partial charge in [-0.3, -0.25) is 0 Å². The van der Waals surface area contributed by atoms with Crippen molar-refractivity contribution < 1.29 is 5.11 Å². The highest BCUT2D eigenvalue weighted by molar-refractivity contribution is 9.10. The molecule has 1 atom stereocenters. The molecular weight excluding hydrogens is 402 g/mol. The molecule has 0 fully saturated rings. The Labute approximate surface area is 165 Å². The van der Waals surface area contributed by atoms with E-state index in [1.807, 2.05) is 60.7 Å². The second kappa shape index (κ2) is 7.43. The van der Waals surface area contributed by atoms with Crippen LogP contribution in [-0.4, -0.2) is 22.3 Å². The van der Waals surface area contributed by atoms with Gasteiger partial charge in [-0.2, -0.15) is 5.26 Å². The van der Waals surface area contributed by atoms with Gasteiger partial charge in [-0.1, -0.05) is 34.1 Å². The molecule has 134 valence electrons. The highest BCUT2D eigenvalue weighted by atomic mass is 79.9. The van der Waals surface area contributed by atoms with E-state index in [1.165, 1.54) is 0 Å². The SMILES string of the molecule is N#Cc1ccc2c(c1)c1cc(Br)ccc1n2CC(O)CNc1ccccc1. The molecular formula is C22H18BrN3O. The average molecular weight is 420 g/mol. The third kappa shape index (κ3) is 3.55.